The Kier molecular flexibility index (Phi) is 6.85. The Morgan fingerprint density at radius 2 is 1.90 bits per heavy atom. The van der Waals surface area contributed by atoms with E-state index in [4.69, 9.17) is 9.47 Å². The molecule has 8 heteroatoms. The van der Waals surface area contributed by atoms with Crippen LogP contribution in [-0.2, 0) is 14.9 Å². The molecule has 166 valence electrons. The van der Waals surface area contributed by atoms with Crippen LogP contribution in [0.1, 0.15) is 39.2 Å². The summed E-state index contributed by atoms with van der Waals surface area (Å²) in [7, 11) is 1.73. The fourth-order valence-corrected chi connectivity index (χ4v) is 3.82. The van der Waals surface area contributed by atoms with Crippen molar-refractivity contribution in [1.29, 1.82) is 0 Å². The maximum Gasteiger partial charge on any atom is 0.410 e. The molecule has 0 saturated carbocycles. The molecular formula is C22H33FN4O3. The van der Waals surface area contributed by atoms with Crippen LogP contribution in [0.5, 0.6) is 0 Å². The van der Waals surface area contributed by atoms with E-state index in [9.17, 15) is 9.18 Å². The fraction of sp³-hybridized carbons (Fsp3) is 0.636. The number of hydrogen-bond acceptors (Lipinski definition) is 4. The molecular weight excluding hydrogens is 387 g/mol. The Morgan fingerprint density at radius 3 is 2.47 bits per heavy atom. The molecule has 30 heavy (non-hydrogen) atoms. The number of carbonyl (C=O) groups is 1. The molecule has 0 atom stereocenters. The minimum absolute atomic E-state index is 0.125. The summed E-state index contributed by atoms with van der Waals surface area (Å²) in [5, 5.41) is 6.80. The van der Waals surface area contributed by atoms with Crippen molar-refractivity contribution in [2.45, 2.75) is 50.7 Å². The Hall–Kier alpha value is -2.35. The zero-order valence-corrected chi connectivity index (χ0v) is 18.3. The van der Waals surface area contributed by atoms with Gasteiger partial charge >= 0.3 is 6.09 Å². The van der Waals surface area contributed by atoms with Gasteiger partial charge in [-0.05, 0) is 51.3 Å². The van der Waals surface area contributed by atoms with Crippen molar-refractivity contribution >= 4 is 12.1 Å². The first kappa shape index (κ1) is 22.3. The molecule has 0 spiro atoms. The topological polar surface area (TPSA) is 75.2 Å². The van der Waals surface area contributed by atoms with Gasteiger partial charge in [-0.2, -0.15) is 0 Å². The molecule has 2 aliphatic rings. The van der Waals surface area contributed by atoms with Crippen molar-refractivity contribution in [2.24, 2.45) is 4.99 Å². The third kappa shape index (κ3) is 5.62. The number of aliphatic imine (C=N–C) groups is 1. The SMILES string of the molecule is CN=C(NCC1(c2ccc(F)cc2)CCOCC1)NC1CN(C(=O)OC(C)(C)C)C1. The first-order chi connectivity index (χ1) is 14.2. The second-order valence-electron chi connectivity index (χ2n) is 9.05. The first-order valence-electron chi connectivity index (χ1n) is 10.5. The standard InChI is InChI=1S/C22H33FN4O3/c1-21(2,3)30-20(28)27-13-18(14-27)26-19(24-4)25-15-22(9-11-29-12-10-22)16-5-7-17(23)8-6-16/h5-8,18H,9-15H2,1-4H3,(H2,24,25,26). The van der Waals surface area contributed by atoms with Crippen LogP contribution in [0.25, 0.3) is 0 Å². The summed E-state index contributed by atoms with van der Waals surface area (Å²) >= 11 is 0. The smallest absolute Gasteiger partial charge is 0.410 e. The average Bonchev–Trinajstić information content (AvgIpc) is 2.66. The van der Waals surface area contributed by atoms with E-state index < -0.39 is 5.60 Å². The summed E-state index contributed by atoms with van der Waals surface area (Å²) in [4.78, 5) is 18.1. The highest BCUT2D eigenvalue weighted by Crippen LogP contribution is 2.34. The highest BCUT2D eigenvalue weighted by atomic mass is 19.1. The van der Waals surface area contributed by atoms with E-state index in [1.807, 2.05) is 32.9 Å². The fourth-order valence-electron chi connectivity index (χ4n) is 3.82. The van der Waals surface area contributed by atoms with Gasteiger partial charge in [0.15, 0.2) is 5.96 Å². The molecule has 0 radical (unpaired) electrons. The Balaban J connectivity index is 1.54. The van der Waals surface area contributed by atoms with Crippen LogP contribution >= 0.6 is 0 Å². The summed E-state index contributed by atoms with van der Waals surface area (Å²) in [6, 6.07) is 6.88. The third-order valence-electron chi connectivity index (χ3n) is 5.60. The summed E-state index contributed by atoms with van der Waals surface area (Å²) in [6.45, 7) is 8.76. The number of carbonyl (C=O) groups excluding carboxylic acids is 1. The maximum atomic E-state index is 13.4. The van der Waals surface area contributed by atoms with E-state index in [1.54, 1.807) is 11.9 Å². The zero-order valence-electron chi connectivity index (χ0n) is 18.3. The number of nitrogens with one attached hydrogen (secondary N) is 2. The van der Waals surface area contributed by atoms with Gasteiger partial charge in [0.2, 0.25) is 0 Å². The van der Waals surface area contributed by atoms with Gasteiger partial charge in [0.1, 0.15) is 11.4 Å². The number of halogens is 1. The van der Waals surface area contributed by atoms with Crippen LogP contribution in [0.4, 0.5) is 9.18 Å². The van der Waals surface area contributed by atoms with Gasteiger partial charge < -0.3 is 25.0 Å². The van der Waals surface area contributed by atoms with E-state index in [1.165, 1.54) is 12.1 Å². The minimum atomic E-state index is -0.494. The van der Waals surface area contributed by atoms with Crippen molar-refractivity contribution in [1.82, 2.24) is 15.5 Å². The lowest BCUT2D eigenvalue weighted by Crippen LogP contribution is -2.63. The molecule has 2 aliphatic heterocycles. The second kappa shape index (κ2) is 9.20. The lowest BCUT2D eigenvalue weighted by atomic mass is 9.74. The summed E-state index contributed by atoms with van der Waals surface area (Å²) < 4.78 is 24.4. The quantitative estimate of drug-likeness (QED) is 0.579. The molecule has 2 N–H and O–H groups in total. The molecule has 7 nitrogen and oxygen atoms in total. The van der Waals surface area contributed by atoms with E-state index in [-0.39, 0.29) is 23.4 Å². The third-order valence-corrected chi connectivity index (χ3v) is 5.60. The van der Waals surface area contributed by atoms with E-state index in [0.717, 1.165) is 18.4 Å². The van der Waals surface area contributed by atoms with Crippen LogP contribution < -0.4 is 10.6 Å². The molecule has 0 aliphatic carbocycles. The minimum Gasteiger partial charge on any atom is -0.444 e. The maximum absolute atomic E-state index is 13.4. The summed E-state index contributed by atoms with van der Waals surface area (Å²) in [5.74, 6) is 0.461. The van der Waals surface area contributed by atoms with E-state index >= 15 is 0 Å². The van der Waals surface area contributed by atoms with Gasteiger partial charge in [0.25, 0.3) is 0 Å². The Bertz CT molecular complexity index is 749. The van der Waals surface area contributed by atoms with Crippen molar-refractivity contribution < 1.29 is 18.7 Å². The number of likely N-dealkylation sites (tertiary alicyclic amines) is 1. The number of nitrogens with zero attached hydrogens (tertiary/aromatic N) is 2. The Morgan fingerprint density at radius 1 is 1.27 bits per heavy atom. The molecule has 3 rings (SSSR count). The van der Waals surface area contributed by atoms with Crippen LogP contribution in [0, 0.1) is 5.82 Å². The molecule has 2 fully saturated rings. The van der Waals surface area contributed by atoms with Gasteiger partial charge in [-0.1, -0.05) is 12.1 Å². The summed E-state index contributed by atoms with van der Waals surface area (Å²) in [6.07, 6.45) is 1.43. The van der Waals surface area contributed by atoms with Gasteiger partial charge in [-0.15, -0.1) is 0 Å². The molecule has 1 amide bonds. The van der Waals surface area contributed by atoms with Gasteiger partial charge in [-0.3, -0.25) is 4.99 Å². The average molecular weight is 421 g/mol. The molecule has 2 heterocycles. The number of benzene rings is 1. The van der Waals surface area contributed by atoms with Crippen molar-refractivity contribution in [3.05, 3.63) is 35.6 Å². The van der Waals surface area contributed by atoms with Crippen LogP contribution in [0.2, 0.25) is 0 Å². The number of amides is 1. The summed E-state index contributed by atoms with van der Waals surface area (Å²) in [5.41, 5.74) is 0.479. The molecule has 0 unspecified atom stereocenters. The van der Waals surface area contributed by atoms with Crippen LogP contribution in [0.3, 0.4) is 0 Å². The predicted octanol–water partition coefficient (Wildman–Crippen LogP) is 2.66. The number of hydrogen-bond donors (Lipinski definition) is 2. The zero-order chi connectivity index (χ0) is 21.8. The first-order valence-corrected chi connectivity index (χ1v) is 10.5. The van der Waals surface area contributed by atoms with E-state index in [2.05, 4.69) is 15.6 Å². The molecule has 0 aromatic heterocycles. The van der Waals surface area contributed by atoms with Crippen molar-refractivity contribution in [2.75, 3.05) is 39.9 Å². The van der Waals surface area contributed by atoms with Crippen molar-refractivity contribution in [3.63, 3.8) is 0 Å². The second-order valence-corrected chi connectivity index (χ2v) is 9.05. The lowest BCUT2D eigenvalue weighted by molar-refractivity contribution is 0.00699. The molecule has 0 bridgehead atoms. The van der Waals surface area contributed by atoms with Crippen LogP contribution in [-0.4, -0.2) is 68.5 Å². The van der Waals surface area contributed by atoms with E-state index in [0.29, 0.717) is 38.8 Å². The number of rotatable bonds is 4. The highest BCUT2D eigenvalue weighted by Gasteiger charge is 2.36. The van der Waals surface area contributed by atoms with Gasteiger partial charge in [-0.25, -0.2) is 9.18 Å². The highest BCUT2D eigenvalue weighted by molar-refractivity contribution is 5.80. The molecule has 1 aromatic carbocycles. The molecule has 1 aromatic rings. The normalized spacial score (nSPS) is 19.8. The monoisotopic (exact) mass is 420 g/mol. The Labute approximate surface area is 178 Å². The lowest BCUT2D eigenvalue weighted by Gasteiger charge is -2.41. The number of ether oxygens (including phenoxy) is 2. The van der Waals surface area contributed by atoms with Crippen LogP contribution in [0.15, 0.2) is 29.3 Å². The molecule has 2 saturated heterocycles. The number of guanidine groups is 1. The van der Waals surface area contributed by atoms with Crippen molar-refractivity contribution in [3.8, 4) is 0 Å². The van der Waals surface area contributed by atoms with Gasteiger partial charge in [0, 0.05) is 45.3 Å². The predicted molar refractivity (Wildman–Crippen MR) is 114 cm³/mol. The largest absolute Gasteiger partial charge is 0.444 e. The van der Waals surface area contributed by atoms with Gasteiger partial charge in [0.05, 0.1) is 6.04 Å².